The van der Waals surface area contributed by atoms with Gasteiger partial charge >= 0.3 is 0 Å². The summed E-state index contributed by atoms with van der Waals surface area (Å²) < 4.78 is 0.722. The molecule has 2 amide bonds. The molecule has 0 radical (unpaired) electrons. The van der Waals surface area contributed by atoms with Gasteiger partial charge in [-0.05, 0) is 32.4 Å². The molecule has 0 spiro atoms. The fourth-order valence-corrected chi connectivity index (χ4v) is 2.30. The van der Waals surface area contributed by atoms with Crippen molar-refractivity contribution in [2.45, 2.75) is 26.7 Å². The molecule has 0 atom stereocenters. The van der Waals surface area contributed by atoms with Gasteiger partial charge in [0.05, 0.1) is 9.75 Å². The molecule has 0 aliphatic carbocycles. The van der Waals surface area contributed by atoms with Gasteiger partial charge in [-0.15, -0.1) is 11.3 Å². The molecule has 4 nitrogen and oxygen atoms in total. The standard InChI is InChI=1S/C12H17ClN2O2S/c1-12(2,11(14)17)7-15-10(16)6-4-8-3-5-9(13)18-8/h3,5H,4,6-7H2,1-2H3,(H2,14,17)(H,15,16). The van der Waals surface area contributed by atoms with E-state index in [9.17, 15) is 9.59 Å². The van der Waals surface area contributed by atoms with Crippen LogP contribution in [0.4, 0.5) is 0 Å². The highest BCUT2D eigenvalue weighted by Crippen LogP contribution is 2.22. The van der Waals surface area contributed by atoms with Crippen LogP contribution in [0.2, 0.25) is 4.34 Å². The zero-order valence-corrected chi connectivity index (χ0v) is 12.0. The third-order valence-corrected chi connectivity index (χ3v) is 3.91. The quantitative estimate of drug-likeness (QED) is 0.840. The fourth-order valence-electron chi connectivity index (χ4n) is 1.22. The van der Waals surface area contributed by atoms with Crippen LogP contribution in [0.15, 0.2) is 12.1 Å². The van der Waals surface area contributed by atoms with Crippen molar-refractivity contribution in [3.63, 3.8) is 0 Å². The lowest BCUT2D eigenvalue weighted by Crippen LogP contribution is -2.42. The second-order valence-electron chi connectivity index (χ2n) is 4.73. The highest BCUT2D eigenvalue weighted by Gasteiger charge is 2.25. The van der Waals surface area contributed by atoms with Crippen LogP contribution in [0.25, 0.3) is 0 Å². The van der Waals surface area contributed by atoms with Gasteiger partial charge in [-0.1, -0.05) is 11.6 Å². The Morgan fingerprint density at radius 2 is 2.11 bits per heavy atom. The molecule has 0 aromatic carbocycles. The molecule has 6 heteroatoms. The van der Waals surface area contributed by atoms with Gasteiger partial charge in [-0.3, -0.25) is 9.59 Å². The van der Waals surface area contributed by atoms with Gasteiger partial charge in [0, 0.05) is 17.8 Å². The average Bonchev–Trinajstić information content (AvgIpc) is 2.69. The summed E-state index contributed by atoms with van der Waals surface area (Å²) in [7, 11) is 0. The summed E-state index contributed by atoms with van der Waals surface area (Å²) in [6.45, 7) is 3.66. The normalized spacial score (nSPS) is 11.3. The SMILES string of the molecule is CC(C)(CNC(=O)CCc1ccc(Cl)s1)C(N)=O. The molecule has 0 aliphatic rings. The zero-order valence-electron chi connectivity index (χ0n) is 10.5. The van der Waals surface area contributed by atoms with E-state index < -0.39 is 11.3 Å². The molecule has 18 heavy (non-hydrogen) atoms. The van der Waals surface area contributed by atoms with Crippen molar-refractivity contribution in [3.05, 3.63) is 21.3 Å². The molecule has 0 fully saturated rings. The van der Waals surface area contributed by atoms with E-state index in [0.29, 0.717) is 12.8 Å². The fraction of sp³-hybridized carbons (Fsp3) is 0.500. The Balaban J connectivity index is 2.32. The Morgan fingerprint density at radius 1 is 1.44 bits per heavy atom. The van der Waals surface area contributed by atoms with E-state index in [1.807, 2.05) is 12.1 Å². The Hall–Kier alpha value is -1.07. The summed E-state index contributed by atoms with van der Waals surface area (Å²) in [4.78, 5) is 23.7. The third kappa shape index (κ3) is 4.66. The number of carbonyl (C=O) groups excluding carboxylic acids is 2. The molecule has 0 saturated heterocycles. The van der Waals surface area contributed by atoms with Crippen LogP contribution >= 0.6 is 22.9 Å². The monoisotopic (exact) mass is 288 g/mol. The van der Waals surface area contributed by atoms with Crippen LogP contribution in [0.5, 0.6) is 0 Å². The van der Waals surface area contributed by atoms with E-state index in [2.05, 4.69) is 5.32 Å². The van der Waals surface area contributed by atoms with Crippen molar-refractivity contribution < 1.29 is 9.59 Å². The van der Waals surface area contributed by atoms with E-state index in [-0.39, 0.29) is 12.5 Å². The number of nitrogens with two attached hydrogens (primary N) is 1. The van der Waals surface area contributed by atoms with Crippen molar-refractivity contribution >= 4 is 34.8 Å². The summed E-state index contributed by atoms with van der Waals surface area (Å²) in [6.07, 6.45) is 1.03. The van der Waals surface area contributed by atoms with Crippen LogP contribution in [-0.2, 0) is 16.0 Å². The number of rotatable bonds is 6. The van der Waals surface area contributed by atoms with Gasteiger partial charge in [0.1, 0.15) is 0 Å². The number of aryl methyl sites for hydroxylation is 1. The van der Waals surface area contributed by atoms with E-state index in [0.717, 1.165) is 9.21 Å². The Labute approximate surface area is 116 Å². The van der Waals surface area contributed by atoms with Crippen molar-refractivity contribution in [3.8, 4) is 0 Å². The molecule has 0 saturated carbocycles. The summed E-state index contributed by atoms with van der Waals surface area (Å²) in [5.41, 5.74) is 4.50. The average molecular weight is 289 g/mol. The molecule has 1 heterocycles. The summed E-state index contributed by atoms with van der Waals surface area (Å²) in [5.74, 6) is -0.512. The van der Waals surface area contributed by atoms with Gasteiger partial charge in [0.15, 0.2) is 0 Å². The highest BCUT2D eigenvalue weighted by molar-refractivity contribution is 7.16. The van der Waals surface area contributed by atoms with E-state index >= 15 is 0 Å². The minimum Gasteiger partial charge on any atom is -0.369 e. The summed E-state index contributed by atoms with van der Waals surface area (Å²) in [5, 5.41) is 2.71. The van der Waals surface area contributed by atoms with Gasteiger partial charge in [-0.25, -0.2) is 0 Å². The molecule has 1 aromatic heterocycles. The third-order valence-electron chi connectivity index (χ3n) is 2.62. The molecule has 0 aliphatic heterocycles. The number of halogens is 1. The second kappa shape index (κ2) is 6.20. The Bertz CT molecular complexity index is 443. The molecule has 0 unspecified atom stereocenters. The molecule has 0 bridgehead atoms. The molecule has 1 rings (SSSR count). The molecular formula is C12H17ClN2O2S. The number of nitrogens with one attached hydrogen (secondary N) is 1. The van der Waals surface area contributed by atoms with Gasteiger partial charge in [0.25, 0.3) is 0 Å². The van der Waals surface area contributed by atoms with Crippen molar-refractivity contribution in [2.75, 3.05) is 6.54 Å². The number of amides is 2. The van der Waals surface area contributed by atoms with Gasteiger partial charge in [-0.2, -0.15) is 0 Å². The van der Waals surface area contributed by atoms with Gasteiger partial charge < -0.3 is 11.1 Å². The van der Waals surface area contributed by atoms with Crippen molar-refractivity contribution in [2.24, 2.45) is 11.1 Å². The van der Waals surface area contributed by atoms with E-state index in [4.69, 9.17) is 17.3 Å². The lowest BCUT2D eigenvalue weighted by atomic mass is 9.93. The molecular weight excluding hydrogens is 272 g/mol. The topological polar surface area (TPSA) is 72.2 Å². The van der Waals surface area contributed by atoms with E-state index in [1.54, 1.807) is 13.8 Å². The largest absolute Gasteiger partial charge is 0.369 e. The van der Waals surface area contributed by atoms with Crippen LogP contribution in [0.1, 0.15) is 25.1 Å². The second-order valence-corrected chi connectivity index (χ2v) is 6.53. The molecule has 3 N–H and O–H groups in total. The highest BCUT2D eigenvalue weighted by atomic mass is 35.5. The maximum Gasteiger partial charge on any atom is 0.224 e. The lowest BCUT2D eigenvalue weighted by molar-refractivity contribution is -0.127. The zero-order chi connectivity index (χ0) is 13.8. The van der Waals surface area contributed by atoms with Gasteiger partial charge in [0.2, 0.25) is 11.8 Å². The minimum atomic E-state index is -0.720. The summed E-state index contributed by atoms with van der Waals surface area (Å²) >= 11 is 7.27. The van der Waals surface area contributed by atoms with E-state index in [1.165, 1.54) is 11.3 Å². The van der Waals surface area contributed by atoms with Crippen LogP contribution in [0, 0.1) is 5.41 Å². The molecule has 1 aromatic rings. The number of carbonyl (C=O) groups is 2. The van der Waals surface area contributed by atoms with Crippen molar-refractivity contribution in [1.82, 2.24) is 5.32 Å². The predicted molar refractivity (Wildman–Crippen MR) is 73.6 cm³/mol. The Kier molecular flexibility index (Phi) is 5.16. The maximum atomic E-state index is 11.6. The first-order chi connectivity index (χ1) is 8.31. The minimum absolute atomic E-state index is 0.0890. The summed E-state index contributed by atoms with van der Waals surface area (Å²) in [6, 6.07) is 3.73. The lowest BCUT2D eigenvalue weighted by Gasteiger charge is -2.20. The number of primary amides is 1. The Morgan fingerprint density at radius 3 is 2.61 bits per heavy atom. The molecule has 100 valence electrons. The first-order valence-electron chi connectivity index (χ1n) is 5.62. The van der Waals surface area contributed by atoms with Crippen molar-refractivity contribution in [1.29, 1.82) is 0 Å². The predicted octanol–water partition coefficient (Wildman–Crippen LogP) is 1.96. The van der Waals surface area contributed by atoms with Crippen LogP contribution < -0.4 is 11.1 Å². The first-order valence-corrected chi connectivity index (χ1v) is 6.81. The number of thiophene rings is 1. The van der Waals surface area contributed by atoms with Crippen LogP contribution in [-0.4, -0.2) is 18.4 Å². The number of hydrogen-bond acceptors (Lipinski definition) is 3. The van der Waals surface area contributed by atoms with Crippen LogP contribution in [0.3, 0.4) is 0 Å². The smallest absolute Gasteiger partial charge is 0.224 e. The first kappa shape index (κ1) is 15.0. The maximum absolute atomic E-state index is 11.6. The number of hydrogen-bond donors (Lipinski definition) is 2.